The lowest BCUT2D eigenvalue weighted by Gasteiger charge is -2.11. The van der Waals surface area contributed by atoms with Gasteiger partial charge in [-0.2, -0.15) is 9.29 Å². The average Bonchev–Trinajstić information content (AvgIpc) is 3.50. The number of sulfonamides is 1. The van der Waals surface area contributed by atoms with Crippen LogP contribution in [-0.2, 0) is 16.6 Å². The molecule has 0 spiro atoms. The number of aromatic nitrogens is 4. The van der Waals surface area contributed by atoms with E-state index >= 15 is 0 Å². The zero-order valence-electron chi connectivity index (χ0n) is 15.7. The third-order valence-corrected chi connectivity index (χ3v) is 8.04. The second-order valence-corrected chi connectivity index (χ2v) is 10.7. The van der Waals surface area contributed by atoms with Gasteiger partial charge in [0.1, 0.15) is 0 Å². The van der Waals surface area contributed by atoms with Crippen LogP contribution in [0.1, 0.15) is 16.2 Å². The molecule has 1 aromatic carbocycles. The molecule has 1 N–H and O–H groups in total. The Morgan fingerprint density at radius 2 is 2.00 bits per heavy atom. The lowest BCUT2D eigenvalue weighted by atomic mass is 10.2. The van der Waals surface area contributed by atoms with Crippen LogP contribution in [0.4, 0.5) is 5.13 Å². The van der Waals surface area contributed by atoms with Crippen molar-refractivity contribution in [2.24, 2.45) is 0 Å². The number of nitrogens with zero attached hydrogens (tertiary/aromatic N) is 5. The number of halogens is 1. The first-order valence-electron chi connectivity index (χ1n) is 8.56. The summed E-state index contributed by atoms with van der Waals surface area (Å²) in [7, 11) is -2.62. The van der Waals surface area contributed by atoms with E-state index in [1.807, 2.05) is 17.5 Å². The zero-order valence-corrected chi connectivity index (χ0v) is 18.9. The number of benzene rings is 1. The molecule has 3 heterocycles. The Kier molecular flexibility index (Phi) is 6.11. The van der Waals surface area contributed by atoms with Crippen molar-refractivity contribution >= 4 is 55.3 Å². The molecule has 0 fully saturated rings. The van der Waals surface area contributed by atoms with Crippen molar-refractivity contribution in [3.8, 4) is 10.7 Å². The van der Waals surface area contributed by atoms with Crippen molar-refractivity contribution in [3.05, 3.63) is 58.3 Å². The fourth-order valence-electron chi connectivity index (χ4n) is 2.37. The molecule has 14 heteroatoms. The summed E-state index contributed by atoms with van der Waals surface area (Å²) >= 11 is 7.98. The first-order chi connectivity index (χ1) is 14.8. The van der Waals surface area contributed by atoms with Crippen LogP contribution in [0.25, 0.3) is 10.7 Å². The normalized spacial score (nSPS) is 11.7. The Bertz CT molecular complexity index is 1300. The molecule has 10 nitrogen and oxygen atoms in total. The van der Waals surface area contributed by atoms with E-state index in [0.29, 0.717) is 16.4 Å². The Morgan fingerprint density at radius 1 is 1.23 bits per heavy atom. The quantitative estimate of drug-likeness (QED) is 0.385. The van der Waals surface area contributed by atoms with Crippen molar-refractivity contribution < 1.29 is 17.7 Å². The summed E-state index contributed by atoms with van der Waals surface area (Å²) in [5.41, 5.74) is 0.346. The summed E-state index contributed by atoms with van der Waals surface area (Å²) in [6, 6.07) is 9.91. The van der Waals surface area contributed by atoms with Gasteiger partial charge in [-0.15, -0.1) is 21.5 Å². The van der Waals surface area contributed by atoms with E-state index in [1.165, 1.54) is 18.4 Å². The third kappa shape index (κ3) is 4.80. The fourth-order valence-corrected chi connectivity index (χ4v) is 5.35. The van der Waals surface area contributed by atoms with Gasteiger partial charge in [-0.3, -0.25) is 10.1 Å². The first-order valence-corrected chi connectivity index (χ1v) is 12.1. The van der Waals surface area contributed by atoms with E-state index in [2.05, 4.69) is 25.7 Å². The summed E-state index contributed by atoms with van der Waals surface area (Å²) in [6.07, 6.45) is 0. The lowest BCUT2D eigenvalue weighted by Crippen LogP contribution is -2.26. The molecule has 0 atom stereocenters. The van der Waals surface area contributed by atoms with Crippen molar-refractivity contribution in [2.45, 2.75) is 10.9 Å². The van der Waals surface area contributed by atoms with E-state index in [-0.39, 0.29) is 21.9 Å². The first kappa shape index (κ1) is 21.5. The second-order valence-electron chi connectivity index (χ2n) is 6.08. The average molecular weight is 497 g/mol. The van der Waals surface area contributed by atoms with Crippen molar-refractivity contribution in [2.75, 3.05) is 12.4 Å². The van der Waals surface area contributed by atoms with Crippen LogP contribution in [-0.4, -0.2) is 46.0 Å². The molecule has 0 bridgehead atoms. The Morgan fingerprint density at radius 3 is 2.71 bits per heavy atom. The minimum atomic E-state index is -3.98. The molecule has 0 aliphatic heterocycles. The monoisotopic (exact) mass is 496 g/mol. The summed E-state index contributed by atoms with van der Waals surface area (Å²) in [6.45, 7) is -0.146. The lowest BCUT2D eigenvalue weighted by molar-refractivity contribution is 0.102. The minimum Gasteiger partial charge on any atom is -0.337 e. The van der Waals surface area contributed by atoms with Gasteiger partial charge < -0.3 is 4.52 Å². The minimum absolute atomic E-state index is 0.0460. The highest BCUT2D eigenvalue weighted by Crippen LogP contribution is 2.25. The highest BCUT2D eigenvalue weighted by atomic mass is 35.5. The van der Waals surface area contributed by atoms with Crippen LogP contribution in [0.2, 0.25) is 5.02 Å². The fraction of sp³-hybridized carbons (Fsp3) is 0.118. The summed E-state index contributed by atoms with van der Waals surface area (Å²) in [5, 5.41) is 16.2. The van der Waals surface area contributed by atoms with E-state index in [0.717, 1.165) is 20.5 Å². The number of thiophene rings is 1. The largest absolute Gasteiger partial charge is 0.337 e. The van der Waals surface area contributed by atoms with Gasteiger partial charge in [-0.25, -0.2) is 8.42 Å². The Balaban J connectivity index is 1.44. The van der Waals surface area contributed by atoms with Gasteiger partial charge in [0.05, 0.1) is 11.4 Å². The van der Waals surface area contributed by atoms with Crippen molar-refractivity contribution in [1.82, 2.24) is 24.6 Å². The molecule has 3 aromatic heterocycles. The summed E-state index contributed by atoms with van der Waals surface area (Å²) in [4.78, 5) is 17.3. The van der Waals surface area contributed by atoms with Crippen LogP contribution in [0.5, 0.6) is 0 Å². The van der Waals surface area contributed by atoms with Crippen LogP contribution in [0.15, 0.2) is 50.6 Å². The molecule has 31 heavy (non-hydrogen) atoms. The Hall–Kier alpha value is -2.71. The van der Waals surface area contributed by atoms with E-state index < -0.39 is 15.9 Å². The van der Waals surface area contributed by atoms with E-state index in [1.54, 1.807) is 24.3 Å². The highest BCUT2D eigenvalue weighted by Gasteiger charge is 2.28. The third-order valence-electron chi connectivity index (χ3n) is 3.93. The molecular formula is C17H13ClN6O4S3. The molecule has 0 aliphatic carbocycles. The summed E-state index contributed by atoms with van der Waals surface area (Å²) < 4.78 is 31.5. The standard InChI is InChI=1S/C17H13ClN6O4S3/c1-24(9-13-19-14(23-28-13)12-3-2-8-29-12)31(26,27)17-22-21-16(30-17)20-15(25)10-4-6-11(18)7-5-10/h2-8H,9H2,1H3,(H,20,21,25). The maximum Gasteiger partial charge on any atom is 0.272 e. The predicted octanol–water partition coefficient (Wildman–Crippen LogP) is 3.38. The molecule has 0 radical (unpaired) electrons. The van der Waals surface area contributed by atoms with Crippen LogP contribution >= 0.6 is 34.3 Å². The molecule has 0 saturated carbocycles. The van der Waals surface area contributed by atoms with Crippen LogP contribution < -0.4 is 5.32 Å². The molecule has 4 aromatic rings. The zero-order chi connectivity index (χ0) is 22.0. The predicted molar refractivity (Wildman–Crippen MR) is 116 cm³/mol. The van der Waals surface area contributed by atoms with Crippen LogP contribution in [0.3, 0.4) is 0 Å². The van der Waals surface area contributed by atoms with Crippen molar-refractivity contribution in [3.63, 3.8) is 0 Å². The number of hydrogen-bond acceptors (Lipinski definition) is 10. The molecule has 0 saturated heterocycles. The maximum absolute atomic E-state index is 12.8. The number of anilines is 1. The number of hydrogen-bond donors (Lipinski definition) is 1. The van der Waals surface area contributed by atoms with Gasteiger partial charge >= 0.3 is 0 Å². The number of carbonyl (C=O) groups excluding carboxylic acids is 1. The SMILES string of the molecule is CN(Cc1nc(-c2cccs2)no1)S(=O)(=O)c1nnc(NC(=O)c2ccc(Cl)cc2)s1. The number of carbonyl (C=O) groups is 1. The topological polar surface area (TPSA) is 131 Å². The van der Waals surface area contributed by atoms with Gasteiger partial charge in [0.15, 0.2) is 0 Å². The molecule has 0 unspecified atom stereocenters. The van der Waals surface area contributed by atoms with Gasteiger partial charge in [-0.1, -0.05) is 34.2 Å². The van der Waals surface area contributed by atoms with E-state index in [4.69, 9.17) is 16.1 Å². The molecular weight excluding hydrogens is 484 g/mol. The number of rotatable bonds is 7. The number of nitrogens with one attached hydrogen (secondary N) is 1. The van der Waals surface area contributed by atoms with Gasteiger partial charge in [0.2, 0.25) is 21.2 Å². The number of amides is 1. The molecule has 1 amide bonds. The van der Waals surface area contributed by atoms with Gasteiger partial charge in [0.25, 0.3) is 15.9 Å². The van der Waals surface area contributed by atoms with Gasteiger partial charge in [0, 0.05) is 17.6 Å². The molecule has 160 valence electrons. The Labute approximate surface area is 189 Å². The van der Waals surface area contributed by atoms with Crippen LogP contribution in [0, 0.1) is 0 Å². The maximum atomic E-state index is 12.8. The van der Waals surface area contributed by atoms with Crippen molar-refractivity contribution in [1.29, 1.82) is 0 Å². The van der Waals surface area contributed by atoms with Gasteiger partial charge in [-0.05, 0) is 35.7 Å². The highest BCUT2D eigenvalue weighted by molar-refractivity contribution is 7.91. The smallest absolute Gasteiger partial charge is 0.272 e. The molecule has 4 rings (SSSR count). The molecule has 0 aliphatic rings. The summed E-state index contributed by atoms with van der Waals surface area (Å²) in [5.74, 6) is 0.0613. The van der Waals surface area contributed by atoms with E-state index in [9.17, 15) is 13.2 Å². The second kappa shape index (κ2) is 8.80.